The molecule has 2 N–H and O–H groups in total. The lowest BCUT2D eigenvalue weighted by atomic mass is 10.1. The van der Waals surface area contributed by atoms with Crippen LogP contribution in [0.3, 0.4) is 0 Å². The largest absolute Gasteiger partial charge is 0.481 e. The molecular formula is C13H17NO3. The molecule has 4 heteroatoms. The van der Waals surface area contributed by atoms with Crippen molar-refractivity contribution >= 4 is 11.9 Å². The van der Waals surface area contributed by atoms with Crippen LogP contribution in [0.5, 0.6) is 0 Å². The van der Waals surface area contributed by atoms with Gasteiger partial charge in [0.2, 0.25) is 0 Å². The summed E-state index contributed by atoms with van der Waals surface area (Å²) < 4.78 is 0. The number of hydrogen-bond acceptors (Lipinski definition) is 2. The van der Waals surface area contributed by atoms with Gasteiger partial charge in [0.25, 0.3) is 5.91 Å². The number of carbonyl (C=O) groups excluding carboxylic acids is 1. The average Bonchev–Trinajstić information content (AvgIpc) is 2.35. The van der Waals surface area contributed by atoms with Crippen molar-refractivity contribution in [3.8, 4) is 0 Å². The van der Waals surface area contributed by atoms with Crippen LogP contribution in [0.1, 0.15) is 29.8 Å². The lowest BCUT2D eigenvalue weighted by molar-refractivity contribution is -0.140. The third kappa shape index (κ3) is 3.90. The first-order valence-corrected chi connectivity index (χ1v) is 5.64. The lowest BCUT2D eigenvalue weighted by Crippen LogP contribution is -2.31. The summed E-state index contributed by atoms with van der Waals surface area (Å²) in [6.07, 6.45) is 0.929. The van der Waals surface area contributed by atoms with E-state index in [0.717, 1.165) is 6.42 Å². The normalized spacial score (nSPS) is 11.9. The summed E-state index contributed by atoms with van der Waals surface area (Å²) in [4.78, 5) is 22.2. The molecule has 4 nitrogen and oxygen atoms in total. The Kier molecular flexibility index (Phi) is 4.69. The molecule has 92 valence electrons. The minimum absolute atomic E-state index is 0.143. The molecule has 0 spiro atoms. The van der Waals surface area contributed by atoms with Gasteiger partial charge in [-0.05, 0) is 24.1 Å². The van der Waals surface area contributed by atoms with Gasteiger partial charge in [0, 0.05) is 12.1 Å². The number of aryl methyl sites for hydroxylation is 1. The second-order valence-corrected chi connectivity index (χ2v) is 4.00. The molecule has 1 aromatic carbocycles. The highest BCUT2D eigenvalue weighted by Gasteiger charge is 2.12. The Labute approximate surface area is 101 Å². The van der Waals surface area contributed by atoms with E-state index in [1.165, 1.54) is 5.56 Å². The first-order valence-electron chi connectivity index (χ1n) is 5.64. The Morgan fingerprint density at radius 2 is 1.88 bits per heavy atom. The Bertz CT molecular complexity index is 398. The summed E-state index contributed by atoms with van der Waals surface area (Å²) in [5.41, 5.74) is 1.72. The van der Waals surface area contributed by atoms with E-state index >= 15 is 0 Å². The summed E-state index contributed by atoms with van der Waals surface area (Å²) in [7, 11) is 0. The Hall–Kier alpha value is -1.84. The van der Waals surface area contributed by atoms with E-state index in [4.69, 9.17) is 5.11 Å². The fourth-order valence-electron chi connectivity index (χ4n) is 1.33. The molecule has 17 heavy (non-hydrogen) atoms. The maximum absolute atomic E-state index is 11.7. The number of hydrogen-bond donors (Lipinski definition) is 2. The highest BCUT2D eigenvalue weighted by molar-refractivity contribution is 5.94. The summed E-state index contributed by atoms with van der Waals surface area (Å²) in [5, 5.41) is 11.3. The molecular weight excluding hydrogens is 218 g/mol. The number of carbonyl (C=O) groups is 2. The van der Waals surface area contributed by atoms with Gasteiger partial charge in [0.15, 0.2) is 0 Å². The minimum Gasteiger partial charge on any atom is -0.481 e. The molecule has 0 aliphatic carbocycles. The molecule has 1 aromatic rings. The SMILES string of the molecule is CCc1ccc(C(=O)NCC(C)C(=O)O)cc1. The van der Waals surface area contributed by atoms with Crippen LogP contribution in [-0.4, -0.2) is 23.5 Å². The Balaban J connectivity index is 2.55. The minimum atomic E-state index is -0.911. The fourth-order valence-corrected chi connectivity index (χ4v) is 1.33. The third-order valence-electron chi connectivity index (χ3n) is 2.61. The second-order valence-electron chi connectivity index (χ2n) is 4.00. The fraction of sp³-hybridized carbons (Fsp3) is 0.385. The first-order chi connectivity index (χ1) is 8.04. The molecule has 1 rings (SSSR count). The highest BCUT2D eigenvalue weighted by atomic mass is 16.4. The maximum Gasteiger partial charge on any atom is 0.308 e. The third-order valence-corrected chi connectivity index (χ3v) is 2.61. The van der Waals surface area contributed by atoms with Gasteiger partial charge in [0.05, 0.1) is 5.92 Å². The Morgan fingerprint density at radius 3 is 2.35 bits per heavy atom. The number of carboxylic acids is 1. The number of amides is 1. The van der Waals surface area contributed by atoms with Crippen LogP contribution in [0.25, 0.3) is 0 Å². The zero-order chi connectivity index (χ0) is 12.8. The number of carboxylic acid groups (broad SMARTS) is 1. The maximum atomic E-state index is 11.7. The predicted octanol–water partition coefficient (Wildman–Crippen LogP) is 1.70. The van der Waals surface area contributed by atoms with Gasteiger partial charge < -0.3 is 10.4 Å². The van der Waals surface area contributed by atoms with Crippen molar-refractivity contribution in [2.75, 3.05) is 6.54 Å². The van der Waals surface area contributed by atoms with Crippen molar-refractivity contribution < 1.29 is 14.7 Å². The van der Waals surface area contributed by atoms with Crippen LogP contribution in [0, 0.1) is 5.92 Å². The Morgan fingerprint density at radius 1 is 1.29 bits per heavy atom. The molecule has 0 saturated heterocycles. The van der Waals surface area contributed by atoms with Gasteiger partial charge >= 0.3 is 5.97 Å². The van der Waals surface area contributed by atoms with Crippen molar-refractivity contribution in [3.05, 3.63) is 35.4 Å². The molecule has 0 saturated carbocycles. The second kappa shape index (κ2) is 6.03. The van der Waals surface area contributed by atoms with Crippen molar-refractivity contribution in [2.24, 2.45) is 5.92 Å². The highest BCUT2D eigenvalue weighted by Crippen LogP contribution is 2.05. The van der Waals surface area contributed by atoms with Crippen molar-refractivity contribution in [3.63, 3.8) is 0 Å². The zero-order valence-electron chi connectivity index (χ0n) is 10.1. The standard InChI is InChI=1S/C13H17NO3/c1-3-10-4-6-11(7-5-10)12(15)14-8-9(2)13(16)17/h4-7,9H,3,8H2,1-2H3,(H,14,15)(H,16,17). The average molecular weight is 235 g/mol. The van der Waals surface area contributed by atoms with Crippen LogP contribution < -0.4 is 5.32 Å². The van der Waals surface area contributed by atoms with E-state index in [0.29, 0.717) is 5.56 Å². The zero-order valence-corrected chi connectivity index (χ0v) is 10.1. The van der Waals surface area contributed by atoms with Gasteiger partial charge in [-0.15, -0.1) is 0 Å². The van der Waals surface area contributed by atoms with Crippen LogP contribution in [0.4, 0.5) is 0 Å². The smallest absolute Gasteiger partial charge is 0.308 e. The number of benzene rings is 1. The quantitative estimate of drug-likeness (QED) is 0.816. The van der Waals surface area contributed by atoms with Crippen molar-refractivity contribution in [2.45, 2.75) is 20.3 Å². The number of rotatable bonds is 5. The van der Waals surface area contributed by atoms with Crippen LogP contribution >= 0.6 is 0 Å². The molecule has 0 aliphatic heterocycles. The lowest BCUT2D eigenvalue weighted by Gasteiger charge is -2.08. The van der Waals surface area contributed by atoms with Gasteiger partial charge in [-0.1, -0.05) is 26.0 Å². The molecule has 0 heterocycles. The molecule has 1 atom stereocenters. The topological polar surface area (TPSA) is 66.4 Å². The van der Waals surface area contributed by atoms with E-state index in [2.05, 4.69) is 5.32 Å². The van der Waals surface area contributed by atoms with Crippen molar-refractivity contribution in [1.29, 1.82) is 0 Å². The van der Waals surface area contributed by atoms with E-state index < -0.39 is 11.9 Å². The van der Waals surface area contributed by atoms with Gasteiger partial charge in [-0.25, -0.2) is 0 Å². The molecule has 1 amide bonds. The van der Waals surface area contributed by atoms with E-state index in [1.54, 1.807) is 19.1 Å². The van der Waals surface area contributed by atoms with Gasteiger partial charge in [0.1, 0.15) is 0 Å². The predicted molar refractivity (Wildman–Crippen MR) is 65.0 cm³/mol. The van der Waals surface area contributed by atoms with E-state index in [-0.39, 0.29) is 12.5 Å². The van der Waals surface area contributed by atoms with Crippen LogP contribution in [0.2, 0.25) is 0 Å². The van der Waals surface area contributed by atoms with E-state index in [1.807, 2.05) is 19.1 Å². The molecule has 0 aromatic heterocycles. The first kappa shape index (κ1) is 13.2. The van der Waals surface area contributed by atoms with Crippen molar-refractivity contribution in [1.82, 2.24) is 5.32 Å². The molecule has 0 bridgehead atoms. The monoisotopic (exact) mass is 235 g/mol. The summed E-state index contributed by atoms with van der Waals surface area (Å²) in [6, 6.07) is 7.30. The number of aliphatic carboxylic acids is 1. The summed E-state index contributed by atoms with van der Waals surface area (Å²) >= 11 is 0. The molecule has 0 radical (unpaired) electrons. The van der Waals surface area contributed by atoms with E-state index in [9.17, 15) is 9.59 Å². The summed E-state index contributed by atoms with van der Waals surface area (Å²) in [5.74, 6) is -1.72. The van der Waals surface area contributed by atoms with Crippen LogP contribution in [-0.2, 0) is 11.2 Å². The molecule has 0 fully saturated rings. The van der Waals surface area contributed by atoms with Crippen LogP contribution in [0.15, 0.2) is 24.3 Å². The molecule has 0 aliphatic rings. The van der Waals surface area contributed by atoms with Gasteiger partial charge in [-0.3, -0.25) is 9.59 Å². The summed E-state index contributed by atoms with van der Waals surface area (Å²) in [6.45, 7) is 3.75. The van der Waals surface area contributed by atoms with Gasteiger partial charge in [-0.2, -0.15) is 0 Å². The molecule has 1 unspecified atom stereocenters. The number of nitrogens with one attached hydrogen (secondary N) is 1.